The Labute approximate surface area is 196 Å². The second kappa shape index (κ2) is 15.9. The lowest BCUT2D eigenvalue weighted by Gasteiger charge is -2.41. The van der Waals surface area contributed by atoms with Crippen LogP contribution in [-0.2, 0) is 19.0 Å². The van der Waals surface area contributed by atoms with E-state index in [9.17, 15) is 25.2 Å². The molecule has 0 aromatic carbocycles. The minimum Gasteiger partial charge on any atom is -0.394 e. The van der Waals surface area contributed by atoms with Crippen molar-refractivity contribution in [2.45, 2.75) is 122 Å². The Hall–Kier alpha value is -0.890. The first kappa shape index (κ1) is 32.1. The van der Waals surface area contributed by atoms with Gasteiger partial charge >= 0.3 is 0 Å². The van der Waals surface area contributed by atoms with Crippen LogP contribution in [0.1, 0.15) is 54.9 Å². The van der Waals surface area contributed by atoms with Crippen LogP contribution >= 0.6 is 0 Å². The van der Waals surface area contributed by atoms with Crippen molar-refractivity contribution in [3.05, 3.63) is 0 Å². The highest BCUT2D eigenvalue weighted by molar-refractivity contribution is 5.73. The summed E-state index contributed by atoms with van der Waals surface area (Å²) in [5, 5.41) is 59.9. The summed E-state index contributed by atoms with van der Waals surface area (Å²) in [6.07, 6.45) is -6.77. The summed E-state index contributed by atoms with van der Waals surface area (Å²) in [4.78, 5) is 11.0. The molecular formula is C22H45NO10. The van der Waals surface area contributed by atoms with Gasteiger partial charge in [-0.25, -0.2) is 0 Å². The number of aliphatic hydroxyl groups is 6. The summed E-state index contributed by atoms with van der Waals surface area (Å²) in [6.45, 7) is 11.3. The first-order valence-corrected chi connectivity index (χ1v) is 11.5. The number of aliphatic hydroxyl groups excluding tert-OH is 6. The van der Waals surface area contributed by atoms with Gasteiger partial charge < -0.3 is 50.2 Å². The van der Waals surface area contributed by atoms with Crippen LogP contribution in [0.3, 0.4) is 0 Å². The summed E-state index contributed by atoms with van der Waals surface area (Å²) in [7, 11) is 0. The zero-order chi connectivity index (χ0) is 25.9. The van der Waals surface area contributed by atoms with Gasteiger partial charge in [-0.15, -0.1) is 0 Å². The van der Waals surface area contributed by atoms with E-state index in [1.165, 1.54) is 6.92 Å². The summed E-state index contributed by atoms with van der Waals surface area (Å²) in [5.74, 6) is -0.261. The van der Waals surface area contributed by atoms with Crippen molar-refractivity contribution < 1.29 is 49.6 Å². The lowest BCUT2D eigenvalue weighted by Crippen LogP contribution is -2.59. The first-order chi connectivity index (χ1) is 15.3. The number of hydrogen-bond donors (Lipinski definition) is 7. The topological polar surface area (TPSA) is 178 Å². The molecule has 0 radical (unpaired) electrons. The van der Waals surface area contributed by atoms with E-state index in [1.54, 1.807) is 20.8 Å². The second-order valence-corrected chi connectivity index (χ2v) is 8.80. The molecule has 198 valence electrons. The summed E-state index contributed by atoms with van der Waals surface area (Å²) >= 11 is 0. The van der Waals surface area contributed by atoms with Gasteiger partial charge in [0.15, 0.2) is 0 Å². The van der Waals surface area contributed by atoms with Crippen LogP contribution in [0.25, 0.3) is 0 Å². The molecule has 0 saturated carbocycles. The molecule has 5 unspecified atom stereocenters. The van der Waals surface area contributed by atoms with Crippen LogP contribution in [-0.4, -0.2) is 117 Å². The number of carbonyl (C=O) groups excluding carboxylic acids is 1. The van der Waals surface area contributed by atoms with Gasteiger partial charge in [0.05, 0.1) is 37.6 Å². The molecule has 1 saturated heterocycles. The van der Waals surface area contributed by atoms with Crippen LogP contribution in [0.5, 0.6) is 0 Å². The number of hydrogen-bond acceptors (Lipinski definition) is 10. The second-order valence-electron chi connectivity index (χ2n) is 8.80. The van der Waals surface area contributed by atoms with Crippen molar-refractivity contribution in [3.63, 3.8) is 0 Å². The molecule has 1 aliphatic rings. The number of carbonyl (C=O) groups is 1. The Kier molecular flexibility index (Phi) is 15.5. The van der Waals surface area contributed by atoms with Gasteiger partial charge in [-0.2, -0.15) is 0 Å². The van der Waals surface area contributed by atoms with E-state index in [2.05, 4.69) is 5.32 Å². The standard InChI is InChI=1S/C12H25NO5.C10H20O5/c1-5-9(13-8(4)15)11(17)12(10(16)6-14)18-7(2)3;1-5(2)14-10-7(4-11)15-6(3)8(12)9(10)13/h7,9-12,14,16-17H,5-6H2,1-4H3,(H,13,15);5-13H,4H2,1-3H3/t9?,10?,11-,12-;6?,7?,8?,9-,10-/m11/s1. The van der Waals surface area contributed by atoms with Gasteiger partial charge in [-0.1, -0.05) is 6.92 Å². The summed E-state index contributed by atoms with van der Waals surface area (Å²) in [5.41, 5.74) is 0. The fourth-order valence-corrected chi connectivity index (χ4v) is 3.49. The third kappa shape index (κ3) is 10.9. The number of ether oxygens (including phenoxy) is 3. The van der Waals surface area contributed by atoms with E-state index in [4.69, 9.17) is 24.4 Å². The maximum absolute atomic E-state index is 11.0. The molecule has 1 amide bonds. The molecule has 33 heavy (non-hydrogen) atoms. The zero-order valence-electron chi connectivity index (χ0n) is 20.8. The Morgan fingerprint density at radius 1 is 1.06 bits per heavy atom. The van der Waals surface area contributed by atoms with Crippen LogP contribution in [0.4, 0.5) is 0 Å². The van der Waals surface area contributed by atoms with E-state index >= 15 is 0 Å². The van der Waals surface area contributed by atoms with Crippen molar-refractivity contribution in [1.82, 2.24) is 5.32 Å². The van der Waals surface area contributed by atoms with Gasteiger partial charge in [0.2, 0.25) is 5.91 Å². The minimum atomic E-state index is -1.19. The Balaban J connectivity index is 0.000000629. The van der Waals surface area contributed by atoms with Crippen LogP contribution < -0.4 is 5.32 Å². The van der Waals surface area contributed by atoms with Crippen molar-refractivity contribution in [3.8, 4) is 0 Å². The number of amides is 1. The van der Waals surface area contributed by atoms with E-state index in [1.807, 2.05) is 20.8 Å². The van der Waals surface area contributed by atoms with Gasteiger partial charge in [0, 0.05) is 6.92 Å². The Morgan fingerprint density at radius 2 is 1.64 bits per heavy atom. The highest BCUT2D eigenvalue weighted by Crippen LogP contribution is 2.24. The van der Waals surface area contributed by atoms with E-state index in [-0.39, 0.29) is 24.7 Å². The molecule has 0 aromatic heterocycles. The molecule has 1 aliphatic heterocycles. The molecule has 7 N–H and O–H groups in total. The molecular weight excluding hydrogens is 438 g/mol. The van der Waals surface area contributed by atoms with Crippen molar-refractivity contribution >= 4 is 5.91 Å². The normalized spacial score (nSPS) is 29.1. The predicted molar refractivity (Wildman–Crippen MR) is 120 cm³/mol. The maximum atomic E-state index is 11.0. The van der Waals surface area contributed by atoms with Crippen molar-refractivity contribution in [1.29, 1.82) is 0 Å². The molecule has 0 aliphatic carbocycles. The zero-order valence-corrected chi connectivity index (χ0v) is 20.8. The van der Waals surface area contributed by atoms with Crippen LogP contribution in [0.15, 0.2) is 0 Å². The van der Waals surface area contributed by atoms with Crippen molar-refractivity contribution in [2.24, 2.45) is 0 Å². The molecule has 9 atom stereocenters. The number of nitrogens with one attached hydrogen (secondary N) is 1. The van der Waals surface area contributed by atoms with Gasteiger partial charge in [-0.05, 0) is 41.0 Å². The lowest BCUT2D eigenvalue weighted by molar-refractivity contribution is -0.244. The van der Waals surface area contributed by atoms with E-state index in [0.29, 0.717) is 6.42 Å². The average molecular weight is 484 g/mol. The molecule has 1 fully saturated rings. The molecule has 0 bridgehead atoms. The molecule has 1 heterocycles. The van der Waals surface area contributed by atoms with Crippen molar-refractivity contribution in [2.75, 3.05) is 13.2 Å². The molecule has 0 spiro atoms. The monoisotopic (exact) mass is 483 g/mol. The average Bonchev–Trinajstić information content (AvgIpc) is 2.74. The fourth-order valence-electron chi connectivity index (χ4n) is 3.49. The quantitative estimate of drug-likeness (QED) is 0.187. The largest absolute Gasteiger partial charge is 0.394 e. The van der Waals surface area contributed by atoms with E-state index < -0.39 is 61.5 Å². The van der Waals surface area contributed by atoms with Gasteiger partial charge in [-0.3, -0.25) is 4.79 Å². The summed E-state index contributed by atoms with van der Waals surface area (Å²) in [6, 6.07) is -0.521. The minimum absolute atomic E-state index is 0.0945. The molecule has 1 rings (SSSR count). The SMILES string of the molecule is CC(C)O[C@@H]1C(CO)OC(C)C(O)[C@H]1O.CCC(NC(C)=O)[C@@H](O)[C@H](OC(C)C)C(O)CO. The van der Waals surface area contributed by atoms with Gasteiger partial charge in [0.25, 0.3) is 0 Å². The van der Waals surface area contributed by atoms with Gasteiger partial charge in [0.1, 0.15) is 42.7 Å². The van der Waals surface area contributed by atoms with Crippen LogP contribution in [0, 0.1) is 0 Å². The smallest absolute Gasteiger partial charge is 0.217 e. The predicted octanol–water partition coefficient (Wildman–Crippen LogP) is -1.31. The fraction of sp³-hybridized carbons (Fsp3) is 0.955. The highest BCUT2D eigenvalue weighted by Gasteiger charge is 2.43. The lowest BCUT2D eigenvalue weighted by atomic mass is 9.95. The first-order valence-electron chi connectivity index (χ1n) is 11.5. The summed E-state index contributed by atoms with van der Waals surface area (Å²) < 4.78 is 16.2. The third-order valence-corrected chi connectivity index (χ3v) is 5.11. The maximum Gasteiger partial charge on any atom is 0.217 e. The highest BCUT2D eigenvalue weighted by atomic mass is 16.6. The van der Waals surface area contributed by atoms with Crippen LogP contribution in [0.2, 0.25) is 0 Å². The van der Waals surface area contributed by atoms with E-state index in [0.717, 1.165) is 0 Å². The number of rotatable bonds is 11. The Bertz CT molecular complexity index is 533. The molecule has 11 nitrogen and oxygen atoms in total. The third-order valence-electron chi connectivity index (χ3n) is 5.11. The molecule has 0 aromatic rings. The Morgan fingerprint density at radius 3 is 2.03 bits per heavy atom. The molecule has 11 heteroatoms.